The van der Waals surface area contributed by atoms with Crippen molar-refractivity contribution < 1.29 is 73.8 Å². The van der Waals surface area contributed by atoms with Crippen LogP contribution in [0.15, 0.2) is 189 Å². The number of fused-ring (bicyclic) bond motifs is 4. The van der Waals surface area contributed by atoms with Crippen molar-refractivity contribution in [2.75, 3.05) is 17.2 Å². The number of rotatable bonds is 20. The third-order valence-electron chi connectivity index (χ3n) is 13.7. The molecule has 468 valence electrons. The average Bonchev–Trinajstić information content (AvgIpc) is 1.64. The van der Waals surface area contributed by atoms with Crippen LogP contribution in [0.2, 0.25) is 0 Å². The normalized spacial score (nSPS) is 13.3. The summed E-state index contributed by atoms with van der Waals surface area (Å²) in [4.78, 5) is 28.2. The van der Waals surface area contributed by atoms with Gasteiger partial charge in [0, 0.05) is 23.3 Å². The zero-order valence-electron chi connectivity index (χ0n) is 47.4. The number of hydrogen-bond donors (Lipinski definition) is 2. The Morgan fingerprint density at radius 2 is 0.831 bits per heavy atom. The Hall–Kier alpha value is -9.08. The number of anilines is 2. The van der Waals surface area contributed by atoms with Crippen LogP contribution in [-0.2, 0) is 26.2 Å². The van der Waals surface area contributed by atoms with Gasteiger partial charge in [0.25, 0.3) is 11.8 Å². The molecule has 89 heavy (non-hydrogen) atoms. The SMILES string of the molecule is CCCCCCCCOc1cc(C(=O)Nc2ccc[n+](Cc3cn(Cc4c5ccccc5cc5ccccc45)nn3)c2)cc(C(=O)Nc2ccc[n+](Cc3cn(Cc4c5ccccc5cc5ccccc45)nn3)c2)c1.F[P-](F)(F)(F)(F)F.F[P-](F)(F)(F)(F)F. The van der Waals surface area contributed by atoms with Gasteiger partial charge in [-0.05, 0) is 103 Å². The number of hydrogen-bond acceptors (Lipinski definition) is 7. The van der Waals surface area contributed by atoms with E-state index in [0.717, 1.165) is 30.7 Å². The first-order valence-electron chi connectivity index (χ1n) is 27.9. The van der Waals surface area contributed by atoms with Gasteiger partial charge in [0.2, 0.25) is 0 Å². The summed E-state index contributed by atoms with van der Waals surface area (Å²) in [5.41, 5.74) is 5.69. The van der Waals surface area contributed by atoms with Crippen LogP contribution in [-0.4, -0.2) is 48.4 Å². The molecule has 0 bridgehead atoms. The Morgan fingerprint density at radius 3 is 1.21 bits per heavy atom. The molecular weight excluding hydrogens is 1220 g/mol. The standard InChI is InChI=1S/C62H56N10O3.2F6P/c1-2-3-4-5-6-15-30-75-54-34-48(61(73)63-50-22-16-28-69(36-50)38-52-40-71(67-65-52)42-59-55-24-11-7-18-44(55)31-45-19-8-12-25-56(45)59)33-49(35-54)62(74)64-51-23-17-29-70(37-51)39-53-41-72(68-66-53)43-60-57-26-13-9-20-46(57)32-47-21-10-14-27-58(47)60;2*1-7(2,3,4,5)6/h7-14,16-29,31-37,40-41H,2-6,15,30,38-39,42-43H2,1H3;;/q;2*-1/p+2. The van der Waals surface area contributed by atoms with Crippen LogP contribution in [0.1, 0.15) is 88.7 Å². The zero-order chi connectivity index (χ0) is 63.7. The number of nitrogens with one attached hydrogen (secondary N) is 2. The fourth-order valence-corrected chi connectivity index (χ4v) is 10.0. The maximum absolute atomic E-state index is 14.1. The van der Waals surface area contributed by atoms with E-state index >= 15 is 0 Å². The topological polar surface area (TPSA) is 137 Å². The van der Waals surface area contributed by atoms with Crippen molar-refractivity contribution in [2.24, 2.45) is 0 Å². The predicted molar refractivity (Wildman–Crippen MR) is 321 cm³/mol. The summed E-state index contributed by atoms with van der Waals surface area (Å²) >= 11 is 0. The predicted octanol–water partition coefficient (Wildman–Crippen LogP) is 18.3. The van der Waals surface area contributed by atoms with Crippen LogP contribution in [0, 0.1) is 0 Å². The second-order valence-electron chi connectivity index (χ2n) is 21.1. The third-order valence-corrected chi connectivity index (χ3v) is 13.7. The Morgan fingerprint density at radius 1 is 0.472 bits per heavy atom. The molecule has 2 N–H and O–H groups in total. The molecule has 11 rings (SSSR count). The molecule has 0 radical (unpaired) electrons. The molecule has 4 aromatic heterocycles. The van der Waals surface area contributed by atoms with Gasteiger partial charge in [0.05, 0.1) is 32.1 Å². The number of pyridine rings is 2. The molecular formula is C62H58F12N10O3P2. The number of aromatic nitrogens is 8. The summed E-state index contributed by atoms with van der Waals surface area (Å²) in [6.07, 6.45) is 18.2. The monoisotopic (exact) mass is 1280 g/mol. The number of ether oxygens (including phenoxy) is 1. The van der Waals surface area contributed by atoms with E-state index in [4.69, 9.17) is 4.74 Å². The average molecular weight is 1280 g/mol. The molecule has 7 aromatic carbocycles. The Kier molecular flexibility index (Phi) is 18.0. The van der Waals surface area contributed by atoms with Crippen LogP contribution in [0.3, 0.4) is 0 Å². The third kappa shape index (κ3) is 20.8. The van der Waals surface area contributed by atoms with Crippen LogP contribution < -0.4 is 24.5 Å². The van der Waals surface area contributed by atoms with E-state index in [-0.39, 0.29) is 11.8 Å². The number of amides is 2. The molecule has 11 aromatic rings. The van der Waals surface area contributed by atoms with Gasteiger partial charge < -0.3 is 15.4 Å². The number of benzene rings is 7. The van der Waals surface area contributed by atoms with Crippen LogP contribution in [0.25, 0.3) is 43.1 Å². The van der Waals surface area contributed by atoms with Crippen molar-refractivity contribution in [2.45, 2.75) is 71.6 Å². The van der Waals surface area contributed by atoms with Gasteiger partial charge in [0.15, 0.2) is 37.9 Å². The fraction of sp³-hybridized carbons (Fsp3) is 0.194. The van der Waals surface area contributed by atoms with E-state index in [1.54, 1.807) is 18.2 Å². The van der Waals surface area contributed by atoms with Gasteiger partial charge in [-0.25, -0.2) is 9.36 Å². The molecule has 0 spiro atoms. The molecule has 0 aliphatic heterocycles. The first-order valence-corrected chi connectivity index (χ1v) is 31.9. The molecule has 0 aliphatic carbocycles. The first-order chi connectivity index (χ1) is 41.8. The molecule has 13 nitrogen and oxygen atoms in total. The van der Waals surface area contributed by atoms with Crippen molar-refractivity contribution in [1.29, 1.82) is 0 Å². The number of carbonyl (C=O) groups excluding carboxylic acids is 2. The van der Waals surface area contributed by atoms with Crippen molar-refractivity contribution in [3.8, 4) is 5.75 Å². The van der Waals surface area contributed by atoms with Gasteiger partial charge >= 0.3 is 66.0 Å². The molecule has 0 aliphatic rings. The Balaban J connectivity index is 0.000000603. The van der Waals surface area contributed by atoms with Gasteiger partial charge in [-0.15, -0.1) is 10.2 Å². The maximum atomic E-state index is 14.1. The van der Waals surface area contributed by atoms with Crippen molar-refractivity contribution in [1.82, 2.24) is 30.0 Å². The van der Waals surface area contributed by atoms with E-state index in [9.17, 15) is 60.0 Å². The molecule has 2 amide bonds. The van der Waals surface area contributed by atoms with Gasteiger partial charge in [-0.2, -0.15) is 9.13 Å². The molecule has 0 saturated carbocycles. The summed E-state index contributed by atoms with van der Waals surface area (Å²) < 4.78 is 132. The van der Waals surface area contributed by atoms with Gasteiger partial charge in [-0.1, -0.05) is 147 Å². The molecule has 0 saturated heterocycles. The first kappa shape index (κ1) is 64.4. The molecule has 4 heterocycles. The number of halogens is 12. The van der Waals surface area contributed by atoms with E-state index in [0.29, 0.717) is 61.0 Å². The molecule has 0 unspecified atom stereocenters. The van der Waals surface area contributed by atoms with Crippen molar-refractivity contribution in [3.05, 3.63) is 222 Å². The Bertz CT molecular complexity index is 3990. The minimum atomic E-state index is -10.7. The Labute approximate surface area is 501 Å². The van der Waals surface area contributed by atoms with E-state index in [2.05, 4.69) is 147 Å². The summed E-state index contributed by atoms with van der Waals surface area (Å²) in [6.45, 7) is 4.70. The van der Waals surface area contributed by atoms with E-state index in [1.807, 2.05) is 79.9 Å². The summed E-state index contributed by atoms with van der Waals surface area (Å²) in [7, 11) is -21.3. The second-order valence-corrected chi connectivity index (χ2v) is 25.0. The van der Waals surface area contributed by atoms with Crippen LogP contribution >= 0.6 is 15.6 Å². The van der Waals surface area contributed by atoms with Crippen LogP contribution in [0.5, 0.6) is 5.75 Å². The summed E-state index contributed by atoms with van der Waals surface area (Å²) in [5.74, 6) is -0.301. The zero-order valence-corrected chi connectivity index (χ0v) is 49.2. The summed E-state index contributed by atoms with van der Waals surface area (Å²) in [5, 5.41) is 33.7. The number of carbonyl (C=O) groups is 2. The molecule has 0 atom stereocenters. The fourth-order valence-electron chi connectivity index (χ4n) is 10.0. The van der Waals surface area contributed by atoms with Gasteiger partial charge in [0.1, 0.15) is 28.5 Å². The molecule has 0 fully saturated rings. The number of nitrogens with zero attached hydrogens (tertiary/aromatic N) is 8. The van der Waals surface area contributed by atoms with E-state index < -0.39 is 15.6 Å². The van der Waals surface area contributed by atoms with Gasteiger partial charge in [-0.3, -0.25) is 9.59 Å². The van der Waals surface area contributed by atoms with Crippen molar-refractivity contribution in [3.63, 3.8) is 0 Å². The van der Waals surface area contributed by atoms with Crippen LogP contribution in [0.4, 0.5) is 61.7 Å². The minimum absolute atomic E-state index is 0.294. The summed E-state index contributed by atoms with van der Waals surface area (Å²) in [6, 6.07) is 50.6. The quantitative estimate of drug-likeness (QED) is 0.0255. The molecule has 27 heteroatoms. The van der Waals surface area contributed by atoms with E-state index in [1.165, 1.54) is 73.5 Å². The number of unbranched alkanes of at least 4 members (excludes halogenated alkanes) is 5. The second kappa shape index (κ2) is 24.8. The van der Waals surface area contributed by atoms with Crippen molar-refractivity contribution >= 4 is 81.9 Å².